The molecule has 0 unspecified atom stereocenters. The fraction of sp³-hybridized carbons (Fsp3) is 0.273. The molecule has 1 radical (unpaired) electrons. The third kappa shape index (κ3) is 4.55. The monoisotopic (exact) mass is 379 g/mol. The van der Waals surface area contributed by atoms with E-state index in [2.05, 4.69) is 16.7 Å². The lowest BCUT2D eigenvalue weighted by molar-refractivity contribution is 0.0934. The summed E-state index contributed by atoms with van der Waals surface area (Å²) in [7, 11) is 0. The first-order chi connectivity index (χ1) is 12.8. The molecule has 3 rings (SSSR count). The SMILES string of the molecule is CC(C)NC(=O)c1ccc(-c2[c]c3ccc(C(=O)NC(C)C)cc3s2)cc1. The van der Waals surface area contributed by atoms with Gasteiger partial charge in [0.15, 0.2) is 0 Å². The Bertz CT molecular complexity index is 972. The molecule has 2 N–H and O–H groups in total. The molecule has 0 aliphatic heterocycles. The van der Waals surface area contributed by atoms with Gasteiger partial charge in [-0.3, -0.25) is 9.59 Å². The summed E-state index contributed by atoms with van der Waals surface area (Å²) >= 11 is 1.59. The molecule has 2 amide bonds. The highest BCUT2D eigenvalue weighted by Crippen LogP contribution is 2.33. The van der Waals surface area contributed by atoms with Gasteiger partial charge in [0.1, 0.15) is 0 Å². The minimum absolute atomic E-state index is 0.0673. The second kappa shape index (κ2) is 7.92. The van der Waals surface area contributed by atoms with Crippen LogP contribution < -0.4 is 10.6 Å². The van der Waals surface area contributed by atoms with Crippen LogP contribution in [0.15, 0.2) is 42.5 Å². The average Bonchev–Trinajstić information content (AvgIpc) is 3.04. The Morgan fingerprint density at radius 3 is 2.00 bits per heavy atom. The maximum atomic E-state index is 12.2. The van der Waals surface area contributed by atoms with E-state index in [1.165, 1.54) is 0 Å². The van der Waals surface area contributed by atoms with Crippen molar-refractivity contribution < 1.29 is 9.59 Å². The van der Waals surface area contributed by atoms with Gasteiger partial charge in [-0.2, -0.15) is 0 Å². The molecule has 0 fully saturated rings. The van der Waals surface area contributed by atoms with Crippen molar-refractivity contribution in [3.05, 3.63) is 59.7 Å². The predicted octanol–water partition coefficient (Wildman–Crippen LogP) is 4.64. The van der Waals surface area contributed by atoms with E-state index >= 15 is 0 Å². The van der Waals surface area contributed by atoms with Crippen LogP contribution in [0.4, 0.5) is 0 Å². The molecular weight excluding hydrogens is 356 g/mol. The van der Waals surface area contributed by atoms with Gasteiger partial charge in [-0.1, -0.05) is 18.2 Å². The van der Waals surface area contributed by atoms with Crippen molar-refractivity contribution in [3.63, 3.8) is 0 Å². The molecule has 0 aliphatic rings. The Kier molecular flexibility index (Phi) is 5.61. The van der Waals surface area contributed by atoms with Crippen molar-refractivity contribution in [2.24, 2.45) is 0 Å². The molecular formula is C22H23N2O2S. The Morgan fingerprint density at radius 2 is 1.41 bits per heavy atom. The van der Waals surface area contributed by atoms with Crippen LogP contribution >= 0.6 is 11.3 Å². The number of nitrogens with one attached hydrogen (secondary N) is 2. The lowest BCUT2D eigenvalue weighted by Gasteiger charge is -2.08. The molecule has 4 nitrogen and oxygen atoms in total. The summed E-state index contributed by atoms with van der Waals surface area (Å²) < 4.78 is 1.02. The van der Waals surface area contributed by atoms with Crippen molar-refractivity contribution >= 4 is 33.2 Å². The van der Waals surface area contributed by atoms with E-state index in [0.29, 0.717) is 11.1 Å². The third-order valence-electron chi connectivity index (χ3n) is 3.95. The van der Waals surface area contributed by atoms with Crippen molar-refractivity contribution in [3.8, 4) is 10.4 Å². The molecule has 0 saturated heterocycles. The lowest BCUT2D eigenvalue weighted by Crippen LogP contribution is -2.29. The predicted molar refractivity (Wildman–Crippen MR) is 111 cm³/mol. The Labute approximate surface area is 163 Å². The summed E-state index contributed by atoms with van der Waals surface area (Å²) in [6, 6.07) is 16.8. The normalized spacial score (nSPS) is 11.2. The van der Waals surface area contributed by atoms with E-state index in [4.69, 9.17) is 0 Å². The minimum Gasteiger partial charge on any atom is -0.350 e. The van der Waals surface area contributed by atoms with Crippen LogP contribution in [0.1, 0.15) is 48.4 Å². The molecule has 0 saturated carbocycles. The van der Waals surface area contributed by atoms with Gasteiger partial charge in [0, 0.05) is 44.2 Å². The molecule has 27 heavy (non-hydrogen) atoms. The highest BCUT2D eigenvalue weighted by Gasteiger charge is 2.12. The van der Waals surface area contributed by atoms with Crippen molar-refractivity contribution in [1.82, 2.24) is 10.6 Å². The zero-order valence-electron chi connectivity index (χ0n) is 15.9. The van der Waals surface area contributed by atoms with Gasteiger partial charge in [0.25, 0.3) is 11.8 Å². The van der Waals surface area contributed by atoms with Gasteiger partial charge in [0.2, 0.25) is 0 Å². The van der Waals surface area contributed by atoms with Crippen LogP contribution in [-0.2, 0) is 0 Å². The number of hydrogen-bond donors (Lipinski definition) is 2. The zero-order valence-corrected chi connectivity index (χ0v) is 16.7. The summed E-state index contributed by atoms with van der Waals surface area (Å²) in [5, 5.41) is 6.78. The highest BCUT2D eigenvalue weighted by molar-refractivity contribution is 7.22. The fourth-order valence-corrected chi connectivity index (χ4v) is 3.75. The second-order valence-electron chi connectivity index (χ2n) is 7.10. The number of fused-ring (bicyclic) bond motifs is 1. The van der Waals surface area contributed by atoms with E-state index in [-0.39, 0.29) is 23.9 Å². The molecule has 0 spiro atoms. The van der Waals surface area contributed by atoms with Crippen molar-refractivity contribution in [2.75, 3.05) is 0 Å². The zero-order chi connectivity index (χ0) is 19.6. The van der Waals surface area contributed by atoms with Crippen LogP contribution in [0.2, 0.25) is 0 Å². The van der Waals surface area contributed by atoms with E-state index in [1.54, 1.807) is 11.3 Å². The number of benzene rings is 2. The molecule has 5 heteroatoms. The van der Waals surface area contributed by atoms with Crippen LogP contribution in [-0.4, -0.2) is 23.9 Å². The first-order valence-electron chi connectivity index (χ1n) is 9.01. The largest absolute Gasteiger partial charge is 0.350 e. The van der Waals surface area contributed by atoms with E-state index in [9.17, 15) is 9.59 Å². The molecule has 2 aromatic carbocycles. The fourth-order valence-electron chi connectivity index (χ4n) is 2.70. The van der Waals surface area contributed by atoms with Crippen LogP contribution in [0.3, 0.4) is 0 Å². The maximum absolute atomic E-state index is 12.2. The molecule has 1 heterocycles. The van der Waals surface area contributed by atoms with Crippen LogP contribution in [0.5, 0.6) is 0 Å². The third-order valence-corrected chi connectivity index (χ3v) is 5.05. The number of carbonyl (C=O) groups excluding carboxylic acids is 2. The smallest absolute Gasteiger partial charge is 0.251 e. The van der Waals surface area contributed by atoms with Crippen molar-refractivity contribution in [1.29, 1.82) is 0 Å². The second-order valence-corrected chi connectivity index (χ2v) is 8.15. The van der Waals surface area contributed by atoms with E-state index in [0.717, 1.165) is 20.5 Å². The minimum atomic E-state index is -0.0716. The van der Waals surface area contributed by atoms with Gasteiger partial charge in [-0.15, -0.1) is 11.3 Å². The van der Waals surface area contributed by atoms with Crippen LogP contribution in [0, 0.1) is 6.07 Å². The Balaban J connectivity index is 1.84. The summed E-state index contributed by atoms with van der Waals surface area (Å²) in [5.41, 5.74) is 2.30. The summed E-state index contributed by atoms with van der Waals surface area (Å²) in [6.45, 7) is 7.76. The molecule has 139 valence electrons. The standard InChI is InChI=1S/C22H23N2O2S/c1-13(2)23-21(25)16-7-5-15(6-8-16)19-11-17-9-10-18(12-20(17)27-19)22(26)24-14(3)4/h5-10,12-14H,1-4H3,(H,23,25)(H,24,26). The van der Waals surface area contributed by atoms with Crippen LogP contribution in [0.25, 0.3) is 20.5 Å². The van der Waals surface area contributed by atoms with Gasteiger partial charge >= 0.3 is 0 Å². The van der Waals surface area contributed by atoms with Gasteiger partial charge < -0.3 is 10.6 Å². The van der Waals surface area contributed by atoms with Crippen molar-refractivity contribution in [2.45, 2.75) is 39.8 Å². The maximum Gasteiger partial charge on any atom is 0.251 e. The quantitative estimate of drug-likeness (QED) is 0.678. The average molecular weight is 380 g/mol. The first-order valence-corrected chi connectivity index (χ1v) is 9.83. The lowest BCUT2D eigenvalue weighted by atomic mass is 10.1. The number of rotatable bonds is 5. The van der Waals surface area contributed by atoms with Gasteiger partial charge in [0.05, 0.1) is 0 Å². The topological polar surface area (TPSA) is 58.2 Å². The highest BCUT2D eigenvalue weighted by atomic mass is 32.1. The Morgan fingerprint density at radius 1 is 0.852 bits per heavy atom. The summed E-state index contributed by atoms with van der Waals surface area (Å²) in [5.74, 6) is -0.139. The van der Waals surface area contributed by atoms with E-state index in [1.807, 2.05) is 70.2 Å². The number of hydrogen-bond acceptors (Lipinski definition) is 3. The Hall–Kier alpha value is -2.66. The van der Waals surface area contributed by atoms with E-state index < -0.39 is 0 Å². The number of carbonyl (C=O) groups is 2. The first kappa shape index (κ1) is 19.1. The summed E-state index contributed by atoms with van der Waals surface area (Å²) in [6.07, 6.45) is 0. The van der Waals surface area contributed by atoms with Gasteiger partial charge in [-0.25, -0.2) is 0 Å². The number of thiophene rings is 1. The molecule has 1 aromatic heterocycles. The number of amides is 2. The van der Waals surface area contributed by atoms with Gasteiger partial charge in [-0.05, 0) is 57.5 Å². The molecule has 3 aromatic rings. The molecule has 0 bridgehead atoms. The summed E-state index contributed by atoms with van der Waals surface area (Å²) in [4.78, 5) is 25.3. The molecule has 0 aliphatic carbocycles. The molecule has 0 atom stereocenters.